The second kappa shape index (κ2) is 5.27. The van der Waals surface area contributed by atoms with Crippen molar-refractivity contribution in [1.82, 2.24) is 5.32 Å². The Balaban J connectivity index is 1.66. The number of benzene rings is 1. The first-order chi connectivity index (χ1) is 9.66. The molecule has 0 aromatic heterocycles. The maximum absolute atomic E-state index is 12.3. The number of hydrogen-bond acceptors (Lipinski definition) is 3. The van der Waals surface area contributed by atoms with Gasteiger partial charge in [0.2, 0.25) is 5.91 Å². The summed E-state index contributed by atoms with van der Waals surface area (Å²) in [6, 6.07) is 9.65. The van der Waals surface area contributed by atoms with E-state index >= 15 is 0 Å². The highest BCUT2D eigenvalue weighted by molar-refractivity contribution is 5.85. The van der Waals surface area contributed by atoms with E-state index in [4.69, 9.17) is 0 Å². The van der Waals surface area contributed by atoms with Crippen molar-refractivity contribution in [3.8, 4) is 0 Å². The molecule has 4 atom stereocenters. The summed E-state index contributed by atoms with van der Waals surface area (Å²) in [4.78, 5) is 23.6. The van der Waals surface area contributed by atoms with E-state index in [1.807, 2.05) is 30.3 Å². The first-order valence-corrected chi connectivity index (χ1v) is 7.19. The number of amides is 1. The quantitative estimate of drug-likeness (QED) is 0.878. The molecule has 0 heterocycles. The van der Waals surface area contributed by atoms with Gasteiger partial charge in [-0.15, -0.1) is 0 Å². The number of carboxylic acids is 1. The monoisotopic (exact) mass is 272 g/mol. The summed E-state index contributed by atoms with van der Waals surface area (Å²) in [5, 5.41) is 14.2. The van der Waals surface area contributed by atoms with E-state index in [-0.39, 0.29) is 17.7 Å². The van der Waals surface area contributed by atoms with Crippen molar-refractivity contribution in [2.75, 3.05) is 0 Å². The molecule has 1 N–H and O–H groups in total. The molecule has 0 saturated heterocycles. The van der Waals surface area contributed by atoms with Crippen LogP contribution in [0.1, 0.15) is 24.8 Å². The van der Waals surface area contributed by atoms with Crippen molar-refractivity contribution in [3.63, 3.8) is 0 Å². The van der Waals surface area contributed by atoms with E-state index in [1.165, 1.54) is 0 Å². The third-order valence-corrected chi connectivity index (χ3v) is 4.80. The first-order valence-electron chi connectivity index (χ1n) is 7.19. The van der Waals surface area contributed by atoms with Crippen LogP contribution < -0.4 is 10.4 Å². The molecule has 20 heavy (non-hydrogen) atoms. The van der Waals surface area contributed by atoms with Gasteiger partial charge in [0, 0.05) is 24.3 Å². The molecule has 0 unspecified atom stereocenters. The Morgan fingerprint density at radius 2 is 1.75 bits per heavy atom. The standard InChI is InChI=1S/C16H19NO3/c18-15(17-9-10-4-2-1-3-5-10)13-11-6-7-12(8-11)14(13)16(19)20/h1-5,11-14H,6-9H2,(H,17,18)(H,19,20)/p-1/t11-,12+,13-,14-/m0/s1. The van der Waals surface area contributed by atoms with Crippen molar-refractivity contribution in [3.05, 3.63) is 35.9 Å². The van der Waals surface area contributed by atoms with Crippen LogP contribution in [0.3, 0.4) is 0 Å². The van der Waals surface area contributed by atoms with Gasteiger partial charge in [0.15, 0.2) is 0 Å². The molecule has 106 valence electrons. The van der Waals surface area contributed by atoms with Crippen molar-refractivity contribution in [2.24, 2.45) is 23.7 Å². The number of carbonyl (C=O) groups is 2. The van der Waals surface area contributed by atoms with Crippen LogP contribution in [-0.4, -0.2) is 11.9 Å². The summed E-state index contributed by atoms with van der Waals surface area (Å²) < 4.78 is 0. The minimum Gasteiger partial charge on any atom is -0.550 e. The van der Waals surface area contributed by atoms with Gasteiger partial charge in [0.05, 0.1) is 0 Å². The average molecular weight is 272 g/mol. The Morgan fingerprint density at radius 1 is 1.10 bits per heavy atom. The number of aliphatic carboxylic acids is 1. The molecule has 1 aromatic carbocycles. The predicted octanol–water partition coefficient (Wildman–Crippen LogP) is 0.715. The van der Waals surface area contributed by atoms with Gasteiger partial charge in [0.25, 0.3) is 0 Å². The first kappa shape index (κ1) is 13.2. The molecule has 2 aliphatic rings. The lowest BCUT2D eigenvalue weighted by Gasteiger charge is -2.30. The minimum absolute atomic E-state index is 0.129. The van der Waals surface area contributed by atoms with E-state index in [1.54, 1.807) is 0 Å². The van der Waals surface area contributed by atoms with Crippen LogP contribution in [0.4, 0.5) is 0 Å². The van der Waals surface area contributed by atoms with Gasteiger partial charge in [-0.1, -0.05) is 30.3 Å². The van der Waals surface area contributed by atoms with Crippen LogP contribution in [0, 0.1) is 23.7 Å². The van der Waals surface area contributed by atoms with Crippen LogP contribution in [0.25, 0.3) is 0 Å². The van der Waals surface area contributed by atoms with Gasteiger partial charge < -0.3 is 15.2 Å². The Kier molecular flexibility index (Phi) is 3.47. The fraction of sp³-hybridized carbons (Fsp3) is 0.500. The van der Waals surface area contributed by atoms with Gasteiger partial charge in [-0.3, -0.25) is 4.79 Å². The number of rotatable bonds is 4. The normalized spacial score (nSPS) is 31.2. The van der Waals surface area contributed by atoms with Crippen LogP contribution in [0.5, 0.6) is 0 Å². The highest BCUT2D eigenvalue weighted by Crippen LogP contribution is 2.52. The van der Waals surface area contributed by atoms with Crippen molar-refractivity contribution in [1.29, 1.82) is 0 Å². The predicted molar refractivity (Wildman–Crippen MR) is 71.1 cm³/mol. The molecule has 0 spiro atoms. The Morgan fingerprint density at radius 3 is 2.40 bits per heavy atom. The molecule has 2 bridgehead atoms. The summed E-state index contributed by atoms with van der Waals surface area (Å²) >= 11 is 0. The molecule has 3 rings (SSSR count). The van der Waals surface area contributed by atoms with Crippen LogP contribution in [-0.2, 0) is 16.1 Å². The molecule has 0 aliphatic heterocycles. The summed E-state index contributed by atoms with van der Waals surface area (Å²) in [5.74, 6) is -1.82. The summed E-state index contributed by atoms with van der Waals surface area (Å²) in [7, 11) is 0. The Hall–Kier alpha value is -1.84. The number of nitrogens with one attached hydrogen (secondary N) is 1. The zero-order valence-corrected chi connectivity index (χ0v) is 11.2. The van der Waals surface area contributed by atoms with Gasteiger partial charge in [-0.2, -0.15) is 0 Å². The van der Waals surface area contributed by atoms with Crippen LogP contribution in [0.15, 0.2) is 30.3 Å². The topological polar surface area (TPSA) is 69.2 Å². The third kappa shape index (κ3) is 2.30. The lowest BCUT2D eigenvalue weighted by molar-refractivity contribution is -0.314. The lowest BCUT2D eigenvalue weighted by atomic mass is 9.78. The van der Waals surface area contributed by atoms with E-state index in [0.29, 0.717) is 6.54 Å². The van der Waals surface area contributed by atoms with E-state index in [9.17, 15) is 14.7 Å². The third-order valence-electron chi connectivity index (χ3n) is 4.80. The molecule has 0 radical (unpaired) electrons. The largest absolute Gasteiger partial charge is 0.550 e. The van der Waals surface area contributed by atoms with Gasteiger partial charge >= 0.3 is 0 Å². The fourth-order valence-corrected chi connectivity index (χ4v) is 3.91. The lowest BCUT2D eigenvalue weighted by Crippen LogP contribution is -2.45. The molecule has 2 aliphatic carbocycles. The second-order valence-electron chi connectivity index (χ2n) is 5.91. The van der Waals surface area contributed by atoms with E-state index < -0.39 is 17.8 Å². The second-order valence-corrected chi connectivity index (χ2v) is 5.91. The maximum atomic E-state index is 12.3. The molecule has 4 nitrogen and oxygen atoms in total. The summed E-state index contributed by atoms with van der Waals surface area (Å²) in [6.07, 6.45) is 2.76. The van der Waals surface area contributed by atoms with Crippen molar-refractivity contribution < 1.29 is 14.7 Å². The van der Waals surface area contributed by atoms with Gasteiger partial charge in [0.1, 0.15) is 0 Å². The van der Waals surface area contributed by atoms with E-state index in [0.717, 1.165) is 24.8 Å². The van der Waals surface area contributed by atoms with E-state index in [2.05, 4.69) is 5.32 Å². The number of hydrogen-bond donors (Lipinski definition) is 1. The summed E-state index contributed by atoms with van der Waals surface area (Å²) in [5.41, 5.74) is 1.02. The van der Waals surface area contributed by atoms with Gasteiger partial charge in [-0.25, -0.2) is 0 Å². The molecule has 1 amide bonds. The molecule has 4 heteroatoms. The zero-order valence-electron chi connectivity index (χ0n) is 11.2. The van der Waals surface area contributed by atoms with Crippen molar-refractivity contribution >= 4 is 11.9 Å². The molecule has 1 aromatic rings. The highest BCUT2D eigenvalue weighted by atomic mass is 16.4. The summed E-state index contributed by atoms with van der Waals surface area (Å²) in [6.45, 7) is 0.452. The van der Waals surface area contributed by atoms with Crippen LogP contribution >= 0.6 is 0 Å². The molecular formula is C16H18NO3-. The SMILES string of the molecule is O=C([O-])[C@H]1[C@@H]2CC[C@@H](C2)[C@@H]1C(=O)NCc1ccccc1. The minimum atomic E-state index is -1.06. The fourth-order valence-electron chi connectivity index (χ4n) is 3.91. The van der Waals surface area contributed by atoms with Crippen LogP contribution in [0.2, 0.25) is 0 Å². The Bertz CT molecular complexity index is 514. The number of carbonyl (C=O) groups excluding carboxylic acids is 2. The maximum Gasteiger partial charge on any atom is 0.224 e. The average Bonchev–Trinajstić information content (AvgIpc) is 3.06. The molecule has 2 saturated carbocycles. The number of carboxylic acid groups (broad SMARTS) is 1. The Labute approximate surface area is 118 Å². The zero-order chi connectivity index (χ0) is 14.1. The van der Waals surface area contributed by atoms with Crippen molar-refractivity contribution in [2.45, 2.75) is 25.8 Å². The molecule has 2 fully saturated rings. The smallest absolute Gasteiger partial charge is 0.224 e. The van der Waals surface area contributed by atoms with Gasteiger partial charge in [-0.05, 0) is 36.7 Å². The number of fused-ring (bicyclic) bond motifs is 2. The highest BCUT2D eigenvalue weighted by Gasteiger charge is 2.51. The molecular weight excluding hydrogens is 254 g/mol.